The van der Waals surface area contributed by atoms with Gasteiger partial charge in [-0.2, -0.15) is 0 Å². The minimum atomic E-state index is -0.219. The van der Waals surface area contributed by atoms with E-state index in [2.05, 4.69) is 59.7 Å². The Morgan fingerprint density at radius 2 is 0.859 bits per heavy atom. The van der Waals surface area contributed by atoms with Gasteiger partial charge in [0.1, 0.15) is 0 Å². The average Bonchev–Trinajstić information content (AvgIpc) is 3.69. The number of aliphatic hydroxyl groups excluding tert-OH is 1. The fourth-order valence-electron chi connectivity index (χ4n) is 7.25. The van der Waals surface area contributed by atoms with Crippen LogP contribution >= 0.6 is 0 Å². The molecule has 0 atom stereocenters. The van der Waals surface area contributed by atoms with Crippen LogP contribution in [0.5, 0.6) is 0 Å². The van der Waals surface area contributed by atoms with Crippen LogP contribution in [0.15, 0.2) is 0 Å². The number of carbonyl (C=O) groups excluding carboxylic acids is 5. The molecule has 2 heterocycles. The molecule has 2 aliphatic carbocycles. The Bertz CT molecular complexity index is 1230. The lowest BCUT2D eigenvalue weighted by Crippen LogP contribution is -2.47. The van der Waals surface area contributed by atoms with Crippen molar-refractivity contribution in [3.05, 3.63) is 0 Å². The summed E-state index contributed by atoms with van der Waals surface area (Å²) < 4.78 is 0. The summed E-state index contributed by atoms with van der Waals surface area (Å²) in [6.45, 7) is 31.1. The van der Waals surface area contributed by atoms with E-state index in [1.54, 1.807) is 4.90 Å². The van der Waals surface area contributed by atoms with Crippen molar-refractivity contribution < 1.29 is 29.1 Å². The predicted molar refractivity (Wildman–Crippen MR) is 262 cm³/mol. The molecule has 17 heteroatoms. The maximum Gasteiger partial charge on any atom is 0.317 e. The fraction of sp³-hybridized carbons (Fsp3) is 0.894. The van der Waals surface area contributed by atoms with Gasteiger partial charge in [-0.25, -0.2) is 24.0 Å². The second kappa shape index (κ2) is 35.5. The molecular formula is C47H97N11O6. The Hall–Kier alpha value is -3.73. The third kappa shape index (κ3) is 35.6. The highest BCUT2D eigenvalue weighted by molar-refractivity contribution is 5.76. The van der Waals surface area contributed by atoms with E-state index >= 15 is 0 Å². The topological polar surface area (TPSA) is 220 Å². The molecule has 2 saturated heterocycles. The van der Waals surface area contributed by atoms with Gasteiger partial charge in [0.25, 0.3) is 0 Å². The Morgan fingerprint density at radius 3 is 1.28 bits per heavy atom. The number of amides is 10. The van der Waals surface area contributed by atoms with Crippen molar-refractivity contribution in [2.45, 2.75) is 228 Å². The highest BCUT2D eigenvalue weighted by Crippen LogP contribution is 2.23. The van der Waals surface area contributed by atoms with Gasteiger partial charge in [0.15, 0.2) is 0 Å². The molecule has 0 unspecified atom stereocenters. The third-order valence-electron chi connectivity index (χ3n) is 10.5. The predicted octanol–water partition coefficient (Wildman–Crippen LogP) is 6.75. The number of piperidine rings is 1. The molecular weight excluding hydrogens is 815 g/mol. The van der Waals surface area contributed by atoms with Gasteiger partial charge in [0.05, 0.1) is 6.10 Å². The van der Waals surface area contributed by atoms with E-state index < -0.39 is 0 Å². The van der Waals surface area contributed by atoms with E-state index in [1.165, 1.54) is 58.0 Å². The Labute approximate surface area is 389 Å². The molecule has 10 N–H and O–H groups in total. The Morgan fingerprint density at radius 1 is 0.469 bits per heavy atom. The van der Waals surface area contributed by atoms with Crippen molar-refractivity contribution in [3.63, 3.8) is 0 Å². The fourth-order valence-corrected chi connectivity index (χ4v) is 7.25. The van der Waals surface area contributed by atoms with Crippen molar-refractivity contribution >= 4 is 30.2 Å². The lowest BCUT2D eigenvalue weighted by atomic mass is 9.87. The summed E-state index contributed by atoms with van der Waals surface area (Å²) in [4.78, 5) is 60.3. The molecule has 0 aromatic rings. The van der Waals surface area contributed by atoms with Crippen LogP contribution in [0.3, 0.4) is 0 Å². The zero-order valence-corrected chi connectivity index (χ0v) is 42.6. The molecule has 4 rings (SSSR count). The third-order valence-corrected chi connectivity index (χ3v) is 10.5. The van der Waals surface area contributed by atoms with Gasteiger partial charge in [-0.3, -0.25) is 0 Å². The normalized spacial score (nSPS) is 19.1. The maximum absolute atomic E-state index is 11.4. The molecule has 0 radical (unpaired) electrons. The Balaban J connectivity index is 0.000000779. The number of nitrogens with zero attached hydrogens (tertiary/aromatic N) is 2. The Kier molecular flexibility index (Phi) is 33.5. The number of hydrogen-bond donors (Lipinski definition) is 10. The maximum atomic E-state index is 11.4. The van der Waals surface area contributed by atoms with E-state index in [0.29, 0.717) is 38.0 Å². The number of likely N-dealkylation sites (tertiary alicyclic amines) is 2. The first kappa shape index (κ1) is 60.3. The van der Waals surface area contributed by atoms with E-state index in [-0.39, 0.29) is 72.5 Å². The monoisotopic (exact) mass is 912 g/mol. The van der Waals surface area contributed by atoms with Gasteiger partial charge in [0, 0.05) is 74.5 Å². The second-order valence-corrected chi connectivity index (χ2v) is 19.7. The standard InChI is InChI=1S/C11H22N2O.C10H21N3O.C10H20N2O.C9H18N2O2.C7H16N2O/c1-8(2)12-11(14)13-10-6-4-9(3)5-7-10;1-9(2)12-10(14)11-5-8-13-6-3-4-7-13;1-8(2)11-10(13)12-9-6-4-3-5-7-9;1-7(2)10-9(13)11-5-3-8(12)4-6-11;1-5(2)8-7(10)9-6(3)4/h8-10H,4-7H2,1-3H3,(H2,12,13,14);9H,3-8H2,1-2H3,(H2,11,12,14);8-9H,3-7H2,1-2H3,(H2,11,12,13);7-8,12H,3-6H2,1-2H3,(H,10,13);5-6H,1-4H3,(H2,8,9,10). The summed E-state index contributed by atoms with van der Waals surface area (Å²) in [6, 6.07) is 1.87. The lowest BCUT2D eigenvalue weighted by Gasteiger charge is -2.30. The first-order valence-electron chi connectivity index (χ1n) is 24.8. The average molecular weight is 912 g/mol. The molecule has 0 aromatic carbocycles. The number of urea groups is 5. The van der Waals surface area contributed by atoms with Gasteiger partial charge >= 0.3 is 30.2 Å². The molecule has 4 fully saturated rings. The van der Waals surface area contributed by atoms with Gasteiger partial charge in [-0.05, 0) is 166 Å². The van der Waals surface area contributed by atoms with Crippen molar-refractivity contribution in [3.8, 4) is 0 Å². The molecule has 0 aromatic heterocycles. The summed E-state index contributed by atoms with van der Waals surface area (Å²) in [5.41, 5.74) is 0. The highest BCUT2D eigenvalue weighted by Gasteiger charge is 2.22. The zero-order valence-electron chi connectivity index (χ0n) is 42.6. The summed E-state index contributed by atoms with van der Waals surface area (Å²) in [6.07, 6.45) is 14.7. The summed E-state index contributed by atoms with van der Waals surface area (Å²) >= 11 is 0. The minimum absolute atomic E-state index is 0.0121. The molecule has 17 nitrogen and oxygen atoms in total. The van der Waals surface area contributed by atoms with Crippen molar-refractivity contribution in [1.82, 2.24) is 57.7 Å². The van der Waals surface area contributed by atoms with Crippen LogP contribution in [0.1, 0.15) is 173 Å². The number of hydrogen-bond acceptors (Lipinski definition) is 7. The molecule has 2 aliphatic heterocycles. The number of nitrogens with one attached hydrogen (secondary N) is 9. The van der Waals surface area contributed by atoms with Crippen LogP contribution in [0.25, 0.3) is 0 Å². The highest BCUT2D eigenvalue weighted by atomic mass is 16.3. The first-order valence-corrected chi connectivity index (χ1v) is 24.8. The van der Waals surface area contributed by atoms with E-state index in [4.69, 9.17) is 0 Å². The number of aliphatic hydroxyl groups is 1. The smallest absolute Gasteiger partial charge is 0.317 e. The van der Waals surface area contributed by atoms with Crippen LogP contribution in [0.4, 0.5) is 24.0 Å². The first-order chi connectivity index (χ1) is 30.1. The summed E-state index contributed by atoms with van der Waals surface area (Å²) in [7, 11) is 0. The SMILES string of the molecule is CC(C)NC(=O)N1CCC(O)CC1.CC(C)NC(=O)NC(C)C.CC(C)NC(=O)NC1CCCCC1.CC(C)NC(=O)NCCN1CCCC1.CC1CCC(NC(=O)NC(C)C)CC1. The van der Waals surface area contributed by atoms with Gasteiger partial charge in [-0.15, -0.1) is 0 Å². The van der Waals surface area contributed by atoms with Crippen LogP contribution in [-0.4, -0.2) is 139 Å². The minimum Gasteiger partial charge on any atom is -0.393 e. The molecule has 4 aliphatic rings. The molecule has 10 amide bonds. The largest absolute Gasteiger partial charge is 0.393 e. The van der Waals surface area contributed by atoms with Crippen LogP contribution < -0.4 is 47.9 Å². The van der Waals surface area contributed by atoms with Crippen LogP contribution in [0, 0.1) is 5.92 Å². The van der Waals surface area contributed by atoms with E-state index in [1.807, 2.05) is 83.1 Å². The number of rotatable bonds is 11. The quantitative estimate of drug-likeness (QED) is 0.107. The van der Waals surface area contributed by atoms with E-state index in [0.717, 1.165) is 44.7 Å². The van der Waals surface area contributed by atoms with E-state index in [9.17, 15) is 29.1 Å². The summed E-state index contributed by atoms with van der Waals surface area (Å²) in [5.74, 6) is 0.834. The van der Waals surface area contributed by atoms with Crippen molar-refractivity contribution in [2.75, 3.05) is 39.3 Å². The van der Waals surface area contributed by atoms with Crippen LogP contribution in [0.2, 0.25) is 0 Å². The van der Waals surface area contributed by atoms with Gasteiger partial charge in [-0.1, -0.05) is 26.2 Å². The zero-order chi connectivity index (χ0) is 48.6. The molecule has 376 valence electrons. The van der Waals surface area contributed by atoms with Crippen molar-refractivity contribution in [2.24, 2.45) is 5.92 Å². The molecule has 64 heavy (non-hydrogen) atoms. The summed E-state index contributed by atoms with van der Waals surface area (Å²) in [5, 5.41) is 34.9. The molecule has 2 saturated carbocycles. The van der Waals surface area contributed by atoms with Gasteiger partial charge in [0.2, 0.25) is 0 Å². The lowest BCUT2D eigenvalue weighted by molar-refractivity contribution is 0.0931. The van der Waals surface area contributed by atoms with Crippen LogP contribution in [-0.2, 0) is 0 Å². The van der Waals surface area contributed by atoms with Gasteiger partial charge < -0.3 is 62.8 Å². The number of carbonyl (C=O) groups is 5. The second-order valence-electron chi connectivity index (χ2n) is 19.7. The van der Waals surface area contributed by atoms with Crippen molar-refractivity contribution in [1.29, 1.82) is 0 Å². The molecule has 0 bridgehead atoms. The molecule has 0 spiro atoms.